The molecule has 4 rings (SSSR count). The summed E-state index contributed by atoms with van der Waals surface area (Å²) in [6.07, 6.45) is 1.73. The molecule has 2 heterocycles. The number of nitrogens with two attached hydrogens (primary N) is 1. The number of benzene rings is 2. The molecule has 5 nitrogen and oxygen atoms in total. The first kappa shape index (κ1) is 12.5. The van der Waals surface area contributed by atoms with E-state index in [4.69, 9.17) is 5.73 Å². The molecule has 0 aliphatic rings. The molecule has 5 heteroatoms. The van der Waals surface area contributed by atoms with Crippen molar-refractivity contribution >= 4 is 16.9 Å². The zero-order valence-electron chi connectivity index (χ0n) is 11.7. The number of anilines is 1. The van der Waals surface area contributed by atoms with Gasteiger partial charge < -0.3 is 5.73 Å². The summed E-state index contributed by atoms with van der Waals surface area (Å²) >= 11 is 0. The molecule has 0 atom stereocenters. The van der Waals surface area contributed by atoms with Gasteiger partial charge >= 0.3 is 0 Å². The van der Waals surface area contributed by atoms with E-state index in [9.17, 15) is 0 Å². The summed E-state index contributed by atoms with van der Waals surface area (Å²) in [6.45, 7) is 0. The normalized spacial score (nSPS) is 10.9. The molecule has 0 fully saturated rings. The SMILES string of the molecule is Nc1nn(-c2ccccc2)c2nc(-c3ccccc3)ncc12. The summed E-state index contributed by atoms with van der Waals surface area (Å²) in [5.74, 6) is 1.09. The lowest BCUT2D eigenvalue weighted by Crippen LogP contribution is -1.99. The zero-order chi connectivity index (χ0) is 14.9. The van der Waals surface area contributed by atoms with Gasteiger partial charge in [-0.2, -0.15) is 0 Å². The molecule has 0 saturated heterocycles. The van der Waals surface area contributed by atoms with E-state index in [1.807, 2.05) is 60.7 Å². The Balaban J connectivity index is 1.96. The molecule has 106 valence electrons. The molecule has 0 spiro atoms. The van der Waals surface area contributed by atoms with Crippen molar-refractivity contribution in [1.82, 2.24) is 19.7 Å². The Morgan fingerprint density at radius 1 is 0.864 bits per heavy atom. The van der Waals surface area contributed by atoms with Crippen LogP contribution >= 0.6 is 0 Å². The van der Waals surface area contributed by atoms with Crippen molar-refractivity contribution in [3.8, 4) is 17.1 Å². The number of aromatic nitrogens is 4. The van der Waals surface area contributed by atoms with E-state index in [0.29, 0.717) is 17.3 Å². The van der Waals surface area contributed by atoms with Gasteiger partial charge in [-0.3, -0.25) is 0 Å². The summed E-state index contributed by atoms with van der Waals surface area (Å²) in [5, 5.41) is 5.14. The largest absolute Gasteiger partial charge is 0.382 e. The highest BCUT2D eigenvalue weighted by atomic mass is 15.3. The van der Waals surface area contributed by atoms with Gasteiger partial charge in [-0.25, -0.2) is 14.6 Å². The maximum absolute atomic E-state index is 5.99. The van der Waals surface area contributed by atoms with Crippen LogP contribution in [0.1, 0.15) is 0 Å². The van der Waals surface area contributed by atoms with Gasteiger partial charge in [0.25, 0.3) is 0 Å². The first-order valence-electron chi connectivity index (χ1n) is 6.95. The van der Waals surface area contributed by atoms with Crippen LogP contribution in [-0.4, -0.2) is 19.7 Å². The average molecular weight is 287 g/mol. The standard InChI is InChI=1S/C17H13N5/c18-15-14-11-19-16(12-7-3-1-4-8-12)20-17(14)22(21-15)13-9-5-2-6-10-13/h1-11H,(H2,18,21). The van der Waals surface area contributed by atoms with E-state index in [1.54, 1.807) is 10.9 Å². The smallest absolute Gasteiger partial charge is 0.169 e. The molecule has 0 aliphatic carbocycles. The Hall–Kier alpha value is -3.21. The van der Waals surface area contributed by atoms with Crippen LogP contribution in [-0.2, 0) is 0 Å². The molecule has 2 N–H and O–H groups in total. The monoisotopic (exact) mass is 287 g/mol. The lowest BCUT2D eigenvalue weighted by atomic mass is 10.2. The lowest BCUT2D eigenvalue weighted by Gasteiger charge is -2.03. The summed E-state index contributed by atoms with van der Waals surface area (Å²) < 4.78 is 1.75. The molecule has 0 aliphatic heterocycles. The first-order valence-corrected chi connectivity index (χ1v) is 6.95. The van der Waals surface area contributed by atoms with Crippen LogP contribution in [0.5, 0.6) is 0 Å². The molecule has 0 bridgehead atoms. The van der Waals surface area contributed by atoms with E-state index < -0.39 is 0 Å². The average Bonchev–Trinajstić information content (AvgIpc) is 2.93. The minimum Gasteiger partial charge on any atom is -0.382 e. The second-order valence-electron chi connectivity index (χ2n) is 4.93. The highest BCUT2D eigenvalue weighted by molar-refractivity contribution is 5.87. The van der Waals surface area contributed by atoms with Gasteiger partial charge in [0.2, 0.25) is 0 Å². The Kier molecular flexibility index (Phi) is 2.83. The van der Waals surface area contributed by atoms with Crippen molar-refractivity contribution in [2.45, 2.75) is 0 Å². The second-order valence-corrected chi connectivity index (χ2v) is 4.93. The molecule has 2 aromatic carbocycles. The topological polar surface area (TPSA) is 69.6 Å². The second kappa shape index (κ2) is 4.96. The minimum absolute atomic E-state index is 0.429. The number of hydrogen-bond donors (Lipinski definition) is 1. The maximum atomic E-state index is 5.99. The van der Waals surface area contributed by atoms with E-state index in [-0.39, 0.29) is 0 Å². The fourth-order valence-electron chi connectivity index (χ4n) is 2.40. The molecule has 4 aromatic rings. The lowest BCUT2D eigenvalue weighted by molar-refractivity contribution is 0.901. The third kappa shape index (κ3) is 2.00. The van der Waals surface area contributed by atoms with E-state index >= 15 is 0 Å². The zero-order valence-corrected chi connectivity index (χ0v) is 11.7. The van der Waals surface area contributed by atoms with E-state index in [0.717, 1.165) is 16.6 Å². The van der Waals surface area contributed by atoms with Crippen molar-refractivity contribution in [3.05, 3.63) is 66.9 Å². The van der Waals surface area contributed by atoms with E-state index in [1.165, 1.54) is 0 Å². The maximum Gasteiger partial charge on any atom is 0.169 e. The van der Waals surface area contributed by atoms with Crippen molar-refractivity contribution in [3.63, 3.8) is 0 Å². The molecule has 0 saturated carbocycles. The summed E-state index contributed by atoms with van der Waals surface area (Å²) in [6, 6.07) is 19.7. The van der Waals surface area contributed by atoms with Gasteiger partial charge in [-0.05, 0) is 12.1 Å². The number of hydrogen-bond acceptors (Lipinski definition) is 4. The Morgan fingerprint density at radius 2 is 1.55 bits per heavy atom. The first-order chi connectivity index (χ1) is 10.8. The Labute approximate surface area is 127 Å². The third-order valence-corrected chi connectivity index (χ3v) is 3.49. The summed E-state index contributed by atoms with van der Waals surface area (Å²) in [7, 11) is 0. The molecule has 0 radical (unpaired) electrons. The van der Waals surface area contributed by atoms with Crippen molar-refractivity contribution in [2.75, 3.05) is 5.73 Å². The number of nitrogen functional groups attached to an aromatic ring is 1. The number of fused-ring (bicyclic) bond motifs is 1. The highest BCUT2D eigenvalue weighted by Crippen LogP contribution is 2.24. The highest BCUT2D eigenvalue weighted by Gasteiger charge is 2.13. The molecule has 0 amide bonds. The van der Waals surface area contributed by atoms with E-state index in [2.05, 4.69) is 15.1 Å². The molecule has 2 aromatic heterocycles. The van der Waals surface area contributed by atoms with Gasteiger partial charge in [-0.1, -0.05) is 48.5 Å². The van der Waals surface area contributed by atoms with Gasteiger partial charge in [0, 0.05) is 11.8 Å². The molecular formula is C17H13N5. The van der Waals surface area contributed by atoms with Gasteiger partial charge in [0.15, 0.2) is 17.3 Å². The van der Waals surface area contributed by atoms with Crippen LogP contribution in [0.4, 0.5) is 5.82 Å². The van der Waals surface area contributed by atoms with Crippen LogP contribution in [0.2, 0.25) is 0 Å². The van der Waals surface area contributed by atoms with Crippen molar-refractivity contribution < 1.29 is 0 Å². The Bertz CT molecular complexity index is 929. The van der Waals surface area contributed by atoms with Crippen LogP contribution in [0.15, 0.2) is 66.9 Å². The molecule has 0 unspecified atom stereocenters. The summed E-state index contributed by atoms with van der Waals surface area (Å²) in [4.78, 5) is 9.05. The fraction of sp³-hybridized carbons (Fsp3) is 0. The summed E-state index contributed by atoms with van der Waals surface area (Å²) in [5.41, 5.74) is 8.58. The number of nitrogens with zero attached hydrogens (tertiary/aromatic N) is 4. The predicted octanol–water partition coefficient (Wildman–Crippen LogP) is 3.06. The van der Waals surface area contributed by atoms with Crippen molar-refractivity contribution in [2.24, 2.45) is 0 Å². The molecule has 22 heavy (non-hydrogen) atoms. The van der Waals surface area contributed by atoms with Gasteiger partial charge in [0.05, 0.1) is 11.1 Å². The van der Waals surface area contributed by atoms with Gasteiger partial charge in [-0.15, -0.1) is 5.10 Å². The Morgan fingerprint density at radius 3 is 2.27 bits per heavy atom. The fourth-order valence-corrected chi connectivity index (χ4v) is 2.40. The van der Waals surface area contributed by atoms with Crippen LogP contribution < -0.4 is 5.73 Å². The van der Waals surface area contributed by atoms with Gasteiger partial charge in [0.1, 0.15) is 0 Å². The van der Waals surface area contributed by atoms with Crippen LogP contribution in [0.25, 0.3) is 28.1 Å². The van der Waals surface area contributed by atoms with Crippen molar-refractivity contribution in [1.29, 1.82) is 0 Å². The van der Waals surface area contributed by atoms with Crippen LogP contribution in [0.3, 0.4) is 0 Å². The number of rotatable bonds is 2. The predicted molar refractivity (Wildman–Crippen MR) is 86.5 cm³/mol. The van der Waals surface area contributed by atoms with Crippen LogP contribution in [0, 0.1) is 0 Å². The minimum atomic E-state index is 0.429. The number of para-hydroxylation sites is 1. The quantitative estimate of drug-likeness (QED) is 0.615. The molecular weight excluding hydrogens is 274 g/mol. The third-order valence-electron chi connectivity index (χ3n) is 3.49.